The van der Waals surface area contributed by atoms with E-state index in [0.717, 1.165) is 18.8 Å². The maximum Gasteiger partial charge on any atom is 0.123 e. The minimum absolute atomic E-state index is 0.435. The van der Waals surface area contributed by atoms with Gasteiger partial charge in [0.25, 0.3) is 0 Å². The predicted molar refractivity (Wildman–Crippen MR) is 77.6 cm³/mol. The van der Waals surface area contributed by atoms with E-state index in [9.17, 15) is 0 Å². The van der Waals surface area contributed by atoms with Crippen LogP contribution in [-0.4, -0.2) is 25.6 Å². The summed E-state index contributed by atoms with van der Waals surface area (Å²) >= 11 is 0. The highest BCUT2D eigenvalue weighted by Gasteiger charge is 2.26. The number of fused-ring (bicyclic) bond motifs is 1. The first kappa shape index (κ1) is 12.2. The molecule has 2 aromatic carbocycles. The lowest BCUT2D eigenvalue weighted by Gasteiger charge is -2.33. The smallest absolute Gasteiger partial charge is 0.123 e. The van der Waals surface area contributed by atoms with Crippen molar-refractivity contribution in [1.29, 1.82) is 0 Å². The minimum atomic E-state index is 0.435. The molecule has 0 saturated carbocycles. The number of hydrogen-bond donors (Lipinski definition) is 0. The summed E-state index contributed by atoms with van der Waals surface area (Å²) in [6, 6.07) is 17.1. The molecule has 0 aliphatic carbocycles. The third-order valence-electron chi connectivity index (χ3n) is 3.89. The van der Waals surface area contributed by atoms with Crippen LogP contribution < -0.4 is 4.74 Å². The van der Waals surface area contributed by atoms with Crippen molar-refractivity contribution in [2.24, 2.45) is 0 Å². The Morgan fingerprint density at radius 2 is 1.84 bits per heavy atom. The van der Waals surface area contributed by atoms with Crippen LogP contribution in [0.5, 0.6) is 5.75 Å². The van der Waals surface area contributed by atoms with Gasteiger partial charge < -0.3 is 9.64 Å². The van der Waals surface area contributed by atoms with Gasteiger partial charge in [0.05, 0.1) is 7.11 Å². The van der Waals surface area contributed by atoms with Crippen LogP contribution in [0.25, 0.3) is 0 Å². The molecule has 1 aliphatic rings. The molecule has 0 fully saturated rings. The quantitative estimate of drug-likeness (QED) is 0.814. The van der Waals surface area contributed by atoms with Gasteiger partial charge in [-0.3, -0.25) is 0 Å². The first-order valence-electron chi connectivity index (χ1n) is 6.69. The lowest BCUT2D eigenvalue weighted by atomic mass is 9.84. The molecular formula is C17H19NO. The molecule has 0 bridgehead atoms. The Morgan fingerprint density at radius 3 is 2.58 bits per heavy atom. The number of likely N-dealkylation sites (N-methyl/N-ethyl adjacent to an activating group) is 1. The molecule has 0 amide bonds. The molecule has 1 heterocycles. The van der Waals surface area contributed by atoms with E-state index in [-0.39, 0.29) is 0 Å². The van der Waals surface area contributed by atoms with Gasteiger partial charge in [-0.1, -0.05) is 42.5 Å². The standard InChI is InChI=1S/C17H19NO/c1-18-11-15(13-7-4-3-5-8-13)14-9-6-10-17(19-2)16(14)12-18/h3-10,15H,11-12H2,1-2H3/t15-/m1/s1. The monoisotopic (exact) mass is 253 g/mol. The molecule has 0 N–H and O–H groups in total. The zero-order chi connectivity index (χ0) is 13.2. The van der Waals surface area contributed by atoms with Gasteiger partial charge in [-0.15, -0.1) is 0 Å². The Balaban J connectivity index is 2.10. The van der Waals surface area contributed by atoms with Gasteiger partial charge in [-0.25, -0.2) is 0 Å². The molecule has 1 aliphatic heterocycles. The SMILES string of the molecule is COc1cccc2c1CN(C)C[C@@H]2c1ccccc1. The van der Waals surface area contributed by atoms with E-state index in [1.807, 2.05) is 0 Å². The summed E-state index contributed by atoms with van der Waals surface area (Å²) in [5.41, 5.74) is 4.11. The van der Waals surface area contributed by atoms with E-state index >= 15 is 0 Å². The lowest BCUT2D eigenvalue weighted by molar-refractivity contribution is 0.286. The lowest BCUT2D eigenvalue weighted by Crippen LogP contribution is -2.31. The second-order valence-corrected chi connectivity index (χ2v) is 5.19. The molecule has 1 atom stereocenters. The fourth-order valence-electron chi connectivity index (χ4n) is 2.98. The Morgan fingerprint density at radius 1 is 1.05 bits per heavy atom. The number of hydrogen-bond acceptors (Lipinski definition) is 2. The third-order valence-corrected chi connectivity index (χ3v) is 3.89. The zero-order valence-electron chi connectivity index (χ0n) is 11.5. The van der Waals surface area contributed by atoms with E-state index in [2.05, 4.69) is 60.5 Å². The highest BCUT2D eigenvalue weighted by atomic mass is 16.5. The van der Waals surface area contributed by atoms with Crippen molar-refractivity contribution < 1.29 is 4.74 Å². The van der Waals surface area contributed by atoms with Crippen molar-refractivity contribution in [1.82, 2.24) is 4.90 Å². The van der Waals surface area contributed by atoms with Crippen molar-refractivity contribution >= 4 is 0 Å². The van der Waals surface area contributed by atoms with Crippen LogP contribution >= 0.6 is 0 Å². The Bertz CT molecular complexity index is 565. The highest BCUT2D eigenvalue weighted by molar-refractivity contribution is 5.47. The van der Waals surface area contributed by atoms with Crippen LogP contribution in [-0.2, 0) is 6.54 Å². The molecule has 0 spiro atoms. The predicted octanol–water partition coefficient (Wildman–Crippen LogP) is 3.27. The molecule has 3 rings (SSSR count). The van der Waals surface area contributed by atoms with E-state index in [4.69, 9.17) is 4.74 Å². The van der Waals surface area contributed by atoms with Crippen molar-refractivity contribution in [3.05, 3.63) is 65.2 Å². The summed E-state index contributed by atoms with van der Waals surface area (Å²) in [5.74, 6) is 1.44. The van der Waals surface area contributed by atoms with Crippen LogP contribution in [0.3, 0.4) is 0 Å². The van der Waals surface area contributed by atoms with Gasteiger partial charge in [0.1, 0.15) is 5.75 Å². The Hall–Kier alpha value is -1.80. The topological polar surface area (TPSA) is 12.5 Å². The van der Waals surface area contributed by atoms with Gasteiger partial charge in [-0.2, -0.15) is 0 Å². The molecule has 0 saturated heterocycles. The summed E-state index contributed by atoms with van der Waals surface area (Å²) < 4.78 is 5.52. The third kappa shape index (κ3) is 2.24. The van der Waals surface area contributed by atoms with E-state index < -0.39 is 0 Å². The first-order chi connectivity index (χ1) is 9.29. The first-order valence-corrected chi connectivity index (χ1v) is 6.69. The van der Waals surface area contributed by atoms with Crippen LogP contribution in [0.2, 0.25) is 0 Å². The minimum Gasteiger partial charge on any atom is -0.496 e. The highest BCUT2D eigenvalue weighted by Crippen LogP contribution is 2.37. The molecule has 2 nitrogen and oxygen atoms in total. The average Bonchev–Trinajstić information content (AvgIpc) is 2.46. The normalized spacial score (nSPS) is 18.9. The summed E-state index contributed by atoms with van der Waals surface area (Å²) in [4.78, 5) is 2.36. The van der Waals surface area contributed by atoms with Crippen molar-refractivity contribution in [3.63, 3.8) is 0 Å². The summed E-state index contributed by atoms with van der Waals surface area (Å²) in [5, 5.41) is 0. The van der Waals surface area contributed by atoms with Gasteiger partial charge in [-0.05, 0) is 24.2 Å². The van der Waals surface area contributed by atoms with Gasteiger partial charge >= 0.3 is 0 Å². The van der Waals surface area contributed by atoms with E-state index in [1.165, 1.54) is 16.7 Å². The van der Waals surface area contributed by atoms with Crippen molar-refractivity contribution in [3.8, 4) is 5.75 Å². The molecule has 2 aromatic rings. The van der Waals surface area contributed by atoms with Gasteiger partial charge in [0.2, 0.25) is 0 Å². The summed E-state index contributed by atoms with van der Waals surface area (Å²) in [6.07, 6.45) is 0. The van der Waals surface area contributed by atoms with Crippen LogP contribution in [0.1, 0.15) is 22.6 Å². The summed E-state index contributed by atoms with van der Waals surface area (Å²) in [7, 11) is 3.92. The van der Waals surface area contributed by atoms with Crippen LogP contribution in [0.4, 0.5) is 0 Å². The van der Waals surface area contributed by atoms with Gasteiger partial charge in [0, 0.05) is 24.6 Å². The second kappa shape index (κ2) is 5.06. The molecular weight excluding hydrogens is 234 g/mol. The molecule has 98 valence electrons. The van der Waals surface area contributed by atoms with E-state index in [1.54, 1.807) is 7.11 Å². The molecule has 19 heavy (non-hydrogen) atoms. The number of nitrogens with zero attached hydrogens (tertiary/aromatic N) is 1. The molecule has 0 radical (unpaired) electrons. The zero-order valence-corrected chi connectivity index (χ0v) is 11.5. The maximum atomic E-state index is 5.52. The molecule has 0 aromatic heterocycles. The largest absolute Gasteiger partial charge is 0.496 e. The number of rotatable bonds is 2. The Labute approximate surface area is 114 Å². The second-order valence-electron chi connectivity index (χ2n) is 5.19. The number of benzene rings is 2. The average molecular weight is 253 g/mol. The van der Waals surface area contributed by atoms with Crippen molar-refractivity contribution in [2.75, 3.05) is 20.7 Å². The molecule has 2 heteroatoms. The Kier molecular flexibility index (Phi) is 3.26. The maximum absolute atomic E-state index is 5.52. The summed E-state index contributed by atoms with van der Waals surface area (Å²) in [6.45, 7) is 2.02. The number of methoxy groups -OCH3 is 1. The fraction of sp³-hybridized carbons (Fsp3) is 0.294. The number of ether oxygens (including phenoxy) is 1. The van der Waals surface area contributed by atoms with Gasteiger partial charge in [0.15, 0.2) is 0 Å². The van der Waals surface area contributed by atoms with E-state index in [0.29, 0.717) is 5.92 Å². The fourth-order valence-corrected chi connectivity index (χ4v) is 2.98. The molecule has 0 unspecified atom stereocenters. The van der Waals surface area contributed by atoms with Crippen LogP contribution in [0, 0.1) is 0 Å². The van der Waals surface area contributed by atoms with Crippen LogP contribution in [0.15, 0.2) is 48.5 Å². The van der Waals surface area contributed by atoms with Crippen molar-refractivity contribution in [2.45, 2.75) is 12.5 Å².